The van der Waals surface area contributed by atoms with Crippen LogP contribution in [-0.2, 0) is 16.1 Å². The predicted octanol–water partition coefficient (Wildman–Crippen LogP) is 3.23. The van der Waals surface area contributed by atoms with Crippen molar-refractivity contribution >= 4 is 11.8 Å². The normalized spacial score (nSPS) is 19.4. The van der Waals surface area contributed by atoms with E-state index in [2.05, 4.69) is 5.32 Å². The van der Waals surface area contributed by atoms with Crippen LogP contribution >= 0.6 is 0 Å². The number of carbonyl (C=O) groups excluding carboxylic acids is 2. The molecule has 4 heterocycles. The van der Waals surface area contributed by atoms with Gasteiger partial charge in [-0.25, -0.2) is 0 Å². The molecule has 0 spiro atoms. The van der Waals surface area contributed by atoms with Crippen molar-refractivity contribution in [3.63, 3.8) is 0 Å². The molecule has 0 aliphatic carbocycles. The number of pyridine rings is 1. The summed E-state index contributed by atoms with van der Waals surface area (Å²) in [5, 5.41) is 23.8. The third-order valence-electron chi connectivity index (χ3n) is 8.97. The Labute approximate surface area is 255 Å². The standard InChI is InChI=1S/C33H39N3O8/c1-5-18(2)30(33(42)35-15-20-12-22(17-35)24-7-6-8-29(40)36(24)16-20)34-28(39)14-23(21-9-10-25(37)27(13-21)43-4)32-31(41)26(38)11-19(3)44-32/h6-11,13,18,20,22-23,30,37,41H,5,12,14-17H2,1-4H3,(H,34,39)/t18-,20-,22+,23-,30+/m1/s1. The molecule has 11 nitrogen and oxygen atoms in total. The Morgan fingerprint density at radius 2 is 1.89 bits per heavy atom. The van der Waals surface area contributed by atoms with E-state index in [9.17, 15) is 29.4 Å². The van der Waals surface area contributed by atoms with Gasteiger partial charge in [0.05, 0.1) is 13.0 Å². The molecule has 3 N–H and O–H groups in total. The van der Waals surface area contributed by atoms with Crippen molar-refractivity contribution in [3.8, 4) is 17.2 Å². The maximum atomic E-state index is 14.0. The van der Waals surface area contributed by atoms with Crippen molar-refractivity contribution in [2.45, 2.75) is 64.5 Å². The second-order valence-corrected chi connectivity index (χ2v) is 12.0. The SMILES string of the molecule is CC[C@@H](C)[C@H](NC(=O)C[C@H](c1ccc(O)c(OC)c1)c1oc(C)cc(=O)c1O)C(=O)N1C[C@H]2C[C@@H](C1)c1cccc(=O)n1C2. The smallest absolute Gasteiger partial charge is 0.250 e. The van der Waals surface area contributed by atoms with Gasteiger partial charge in [-0.05, 0) is 48.9 Å². The molecule has 44 heavy (non-hydrogen) atoms. The summed E-state index contributed by atoms with van der Waals surface area (Å²) in [6, 6.07) is 10.1. The van der Waals surface area contributed by atoms with Gasteiger partial charge >= 0.3 is 0 Å². The first-order valence-electron chi connectivity index (χ1n) is 15.0. The molecule has 11 heteroatoms. The zero-order chi connectivity index (χ0) is 31.7. The average Bonchev–Trinajstić information content (AvgIpc) is 3.00. The van der Waals surface area contributed by atoms with Crippen molar-refractivity contribution in [3.05, 3.63) is 85.8 Å². The van der Waals surface area contributed by atoms with Crippen LogP contribution in [0.25, 0.3) is 0 Å². The minimum Gasteiger partial charge on any atom is -0.504 e. The highest BCUT2D eigenvalue weighted by Gasteiger charge is 2.39. The number of methoxy groups -OCH3 is 1. The fourth-order valence-electron chi connectivity index (χ4n) is 6.51. The number of phenols is 1. The van der Waals surface area contributed by atoms with Gasteiger partial charge in [0.15, 0.2) is 17.3 Å². The minimum absolute atomic E-state index is 0.0296. The summed E-state index contributed by atoms with van der Waals surface area (Å²) >= 11 is 0. The highest BCUT2D eigenvalue weighted by Crippen LogP contribution is 2.38. The second kappa shape index (κ2) is 12.6. The molecule has 5 rings (SSSR count). The summed E-state index contributed by atoms with van der Waals surface area (Å²) in [6.45, 7) is 6.95. The maximum Gasteiger partial charge on any atom is 0.250 e. The van der Waals surface area contributed by atoms with Crippen LogP contribution in [0.4, 0.5) is 0 Å². The molecule has 2 bridgehead atoms. The largest absolute Gasteiger partial charge is 0.504 e. The van der Waals surface area contributed by atoms with Crippen LogP contribution in [0.2, 0.25) is 0 Å². The summed E-state index contributed by atoms with van der Waals surface area (Å²) in [6.07, 6.45) is 1.29. The Balaban J connectivity index is 1.41. The van der Waals surface area contributed by atoms with E-state index < -0.39 is 29.0 Å². The van der Waals surface area contributed by atoms with E-state index in [4.69, 9.17) is 9.15 Å². The van der Waals surface area contributed by atoms with E-state index in [-0.39, 0.29) is 58.7 Å². The fraction of sp³-hybridized carbons (Fsp3) is 0.455. The zero-order valence-corrected chi connectivity index (χ0v) is 25.4. The third-order valence-corrected chi connectivity index (χ3v) is 8.97. The van der Waals surface area contributed by atoms with E-state index in [1.807, 2.05) is 29.4 Å². The number of aryl methyl sites for hydroxylation is 1. The highest BCUT2D eigenvalue weighted by atomic mass is 16.5. The van der Waals surface area contributed by atoms with Crippen molar-refractivity contribution < 1.29 is 29.0 Å². The molecule has 1 aromatic carbocycles. The van der Waals surface area contributed by atoms with E-state index >= 15 is 0 Å². The zero-order valence-electron chi connectivity index (χ0n) is 25.4. The summed E-state index contributed by atoms with van der Waals surface area (Å²) in [4.78, 5) is 54.5. The number of piperidine rings is 1. The molecule has 1 fully saturated rings. The number of carbonyl (C=O) groups is 2. The predicted molar refractivity (Wildman–Crippen MR) is 162 cm³/mol. The number of rotatable bonds is 9. The van der Waals surface area contributed by atoms with Crippen LogP contribution in [0, 0.1) is 18.8 Å². The number of ether oxygens (including phenoxy) is 1. The molecule has 2 aromatic heterocycles. The van der Waals surface area contributed by atoms with Gasteiger partial charge in [0.2, 0.25) is 23.0 Å². The Hall–Kier alpha value is -4.54. The minimum atomic E-state index is -0.922. The van der Waals surface area contributed by atoms with Gasteiger partial charge < -0.3 is 34.2 Å². The van der Waals surface area contributed by atoms with E-state index in [1.165, 1.54) is 19.2 Å². The molecule has 3 aromatic rings. The van der Waals surface area contributed by atoms with Crippen molar-refractivity contribution in [1.29, 1.82) is 0 Å². The van der Waals surface area contributed by atoms with Crippen LogP contribution in [0.1, 0.15) is 67.7 Å². The average molecular weight is 606 g/mol. The van der Waals surface area contributed by atoms with Gasteiger partial charge in [0, 0.05) is 49.8 Å². The topological polar surface area (TPSA) is 151 Å². The number of hydrogen-bond acceptors (Lipinski definition) is 8. The number of aromatic nitrogens is 1. The lowest BCUT2D eigenvalue weighted by Gasteiger charge is -2.44. The van der Waals surface area contributed by atoms with Crippen LogP contribution in [0.5, 0.6) is 17.2 Å². The number of amides is 2. The summed E-state index contributed by atoms with van der Waals surface area (Å²) in [5.74, 6) is -2.00. The van der Waals surface area contributed by atoms with E-state index in [0.717, 1.165) is 18.2 Å². The molecule has 0 saturated carbocycles. The first kappa shape index (κ1) is 30.9. The van der Waals surface area contributed by atoms with Gasteiger partial charge in [0.1, 0.15) is 11.8 Å². The summed E-state index contributed by atoms with van der Waals surface area (Å²) in [7, 11) is 1.39. The molecule has 234 valence electrons. The number of nitrogens with zero attached hydrogens (tertiary/aromatic N) is 2. The lowest BCUT2D eigenvalue weighted by atomic mass is 9.82. The fourth-order valence-corrected chi connectivity index (χ4v) is 6.51. The molecule has 2 amide bonds. The molecule has 0 radical (unpaired) electrons. The molecule has 0 unspecified atom stereocenters. The van der Waals surface area contributed by atoms with E-state index in [1.54, 1.807) is 25.1 Å². The molecule has 5 atom stereocenters. The lowest BCUT2D eigenvalue weighted by Crippen LogP contribution is -2.56. The molecular formula is C33H39N3O8. The van der Waals surface area contributed by atoms with Crippen LogP contribution in [0.3, 0.4) is 0 Å². The van der Waals surface area contributed by atoms with Gasteiger partial charge in [-0.15, -0.1) is 0 Å². The van der Waals surface area contributed by atoms with Crippen LogP contribution < -0.4 is 21.0 Å². The van der Waals surface area contributed by atoms with Crippen molar-refractivity contribution in [2.24, 2.45) is 11.8 Å². The number of aromatic hydroxyl groups is 2. The Kier molecular flexibility index (Phi) is 8.85. The van der Waals surface area contributed by atoms with Crippen molar-refractivity contribution in [2.75, 3.05) is 20.2 Å². The van der Waals surface area contributed by atoms with Crippen LogP contribution in [0.15, 0.2) is 56.5 Å². The number of hydrogen-bond donors (Lipinski definition) is 3. The summed E-state index contributed by atoms with van der Waals surface area (Å²) < 4.78 is 12.8. The Bertz CT molecular complexity index is 1680. The lowest BCUT2D eigenvalue weighted by molar-refractivity contribution is -0.140. The van der Waals surface area contributed by atoms with Gasteiger partial charge in [-0.1, -0.05) is 32.4 Å². The van der Waals surface area contributed by atoms with Gasteiger partial charge in [-0.2, -0.15) is 0 Å². The van der Waals surface area contributed by atoms with Gasteiger partial charge in [0.25, 0.3) is 5.56 Å². The van der Waals surface area contributed by atoms with Gasteiger partial charge in [-0.3, -0.25) is 19.2 Å². The number of likely N-dealkylation sites (tertiary alicyclic amines) is 1. The first-order chi connectivity index (χ1) is 21.0. The second-order valence-electron chi connectivity index (χ2n) is 12.0. The van der Waals surface area contributed by atoms with Crippen LogP contribution in [-0.4, -0.2) is 57.7 Å². The molecular weight excluding hydrogens is 566 g/mol. The summed E-state index contributed by atoms with van der Waals surface area (Å²) in [5.41, 5.74) is 0.718. The monoisotopic (exact) mass is 605 g/mol. The number of benzene rings is 1. The molecule has 2 aliphatic rings. The first-order valence-corrected chi connectivity index (χ1v) is 15.0. The Morgan fingerprint density at radius 3 is 2.61 bits per heavy atom. The Morgan fingerprint density at radius 1 is 1.11 bits per heavy atom. The quantitative estimate of drug-likeness (QED) is 0.336. The van der Waals surface area contributed by atoms with E-state index in [0.29, 0.717) is 31.6 Å². The number of nitrogens with one attached hydrogen (secondary N) is 1. The van der Waals surface area contributed by atoms with Crippen molar-refractivity contribution in [1.82, 2.24) is 14.8 Å². The number of fused-ring (bicyclic) bond motifs is 4. The maximum absolute atomic E-state index is 14.0. The third kappa shape index (κ3) is 6.09. The molecule has 2 aliphatic heterocycles. The number of phenolic OH excluding ortho intramolecular Hbond substituents is 1. The molecule has 1 saturated heterocycles. The highest BCUT2D eigenvalue weighted by molar-refractivity contribution is 5.88.